The van der Waals surface area contributed by atoms with Crippen LogP contribution in [0.5, 0.6) is 5.75 Å². The van der Waals surface area contributed by atoms with Gasteiger partial charge in [0.05, 0.1) is 6.61 Å². The molecule has 1 aliphatic heterocycles. The van der Waals surface area contributed by atoms with Crippen molar-refractivity contribution in [3.8, 4) is 5.75 Å². The van der Waals surface area contributed by atoms with Crippen molar-refractivity contribution in [2.75, 3.05) is 6.61 Å². The number of benzene rings is 1. The maximum Gasteiger partial charge on any atom is 0.136 e. The first-order valence-electron chi connectivity index (χ1n) is 3.82. The summed E-state index contributed by atoms with van der Waals surface area (Å²) in [6.45, 7) is 0.743. The van der Waals surface area contributed by atoms with E-state index in [-0.39, 0.29) is 0 Å². The van der Waals surface area contributed by atoms with Crippen LogP contribution in [0.2, 0.25) is 0 Å². The van der Waals surface area contributed by atoms with Crippen LogP contribution < -0.4 is 4.74 Å². The molecule has 0 atom stereocenters. The zero-order valence-electron chi connectivity index (χ0n) is 6.39. The zero-order valence-corrected chi connectivity index (χ0v) is 7.90. The SMILES string of the molecule is ClC(Cl)c1cccc2c1OCC2. The molecule has 0 saturated carbocycles. The summed E-state index contributed by atoms with van der Waals surface area (Å²) in [5.74, 6) is 0.882. The number of alkyl halides is 2. The van der Waals surface area contributed by atoms with Gasteiger partial charge in [0.25, 0.3) is 0 Å². The van der Waals surface area contributed by atoms with E-state index in [0.717, 1.165) is 24.3 Å². The molecule has 2 rings (SSSR count). The average molecular weight is 203 g/mol. The molecule has 1 aromatic rings. The number of ether oxygens (including phenoxy) is 1. The summed E-state index contributed by atoms with van der Waals surface area (Å²) in [6.07, 6.45) is 0.962. The monoisotopic (exact) mass is 202 g/mol. The third-order valence-electron chi connectivity index (χ3n) is 1.98. The molecule has 3 heteroatoms. The Balaban J connectivity index is 2.49. The Bertz CT molecular complexity index is 297. The number of rotatable bonds is 1. The number of hydrogen-bond donors (Lipinski definition) is 0. The Morgan fingerprint density at radius 2 is 2.17 bits per heavy atom. The first kappa shape index (κ1) is 8.21. The van der Waals surface area contributed by atoms with Crippen LogP contribution in [0.4, 0.5) is 0 Å². The number of para-hydroxylation sites is 1. The molecule has 12 heavy (non-hydrogen) atoms. The summed E-state index contributed by atoms with van der Waals surface area (Å²) in [4.78, 5) is -0.488. The van der Waals surface area contributed by atoms with Crippen LogP contribution in [0.15, 0.2) is 18.2 Å². The standard InChI is InChI=1S/C9H8Cl2O/c10-9(11)7-3-1-2-6-4-5-12-8(6)7/h1-3,9H,4-5H2. The molecular formula is C9H8Cl2O. The summed E-state index contributed by atoms with van der Waals surface area (Å²) in [5, 5.41) is 0. The Morgan fingerprint density at radius 1 is 1.33 bits per heavy atom. The van der Waals surface area contributed by atoms with Crippen LogP contribution in [-0.4, -0.2) is 6.61 Å². The van der Waals surface area contributed by atoms with Crippen LogP contribution in [0.3, 0.4) is 0 Å². The summed E-state index contributed by atoms with van der Waals surface area (Å²) in [6, 6.07) is 5.90. The van der Waals surface area contributed by atoms with Crippen molar-refractivity contribution < 1.29 is 4.74 Å². The van der Waals surface area contributed by atoms with Crippen molar-refractivity contribution in [1.29, 1.82) is 0 Å². The van der Waals surface area contributed by atoms with Crippen molar-refractivity contribution >= 4 is 23.2 Å². The van der Waals surface area contributed by atoms with E-state index >= 15 is 0 Å². The Labute approximate surface area is 81.2 Å². The molecule has 1 nitrogen and oxygen atoms in total. The molecule has 1 aliphatic rings. The smallest absolute Gasteiger partial charge is 0.136 e. The molecule has 0 N–H and O–H groups in total. The fraction of sp³-hybridized carbons (Fsp3) is 0.333. The highest BCUT2D eigenvalue weighted by molar-refractivity contribution is 6.44. The van der Waals surface area contributed by atoms with Crippen LogP contribution in [0, 0.1) is 0 Å². The molecule has 0 saturated heterocycles. The van der Waals surface area contributed by atoms with Gasteiger partial charge in [0, 0.05) is 12.0 Å². The first-order valence-corrected chi connectivity index (χ1v) is 4.69. The number of halogens is 2. The predicted molar refractivity (Wildman–Crippen MR) is 50.1 cm³/mol. The highest BCUT2D eigenvalue weighted by atomic mass is 35.5. The Hall–Kier alpha value is -0.400. The average Bonchev–Trinajstić information content (AvgIpc) is 2.49. The lowest BCUT2D eigenvalue weighted by atomic mass is 10.1. The summed E-state index contributed by atoms with van der Waals surface area (Å²) in [7, 11) is 0. The quantitative estimate of drug-likeness (QED) is 0.637. The summed E-state index contributed by atoms with van der Waals surface area (Å²) < 4.78 is 5.42. The third-order valence-corrected chi connectivity index (χ3v) is 2.45. The maximum atomic E-state index is 5.77. The van der Waals surface area contributed by atoms with Crippen molar-refractivity contribution in [3.05, 3.63) is 29.3 Å². The fourth-order valence-electron chi connectivity index (χ4n) is 1.41. The zero-order chi connectivity index (χ0) is 8.55. The first-order chi connectivity index (χ1) is 5.79. The van der Waals surface area contributed by atoms with E-state index in [2.05, 4.69) is 0 Å². The van der Waals surface area contributed by atoms with Gasteiger partial charge >= 0.3 is 0 Å². The van der Waals surface area contributed by atoms with Gasteiger partial charge in [-0.3, -0.25) is 0 Å². The normalized spacial score (nSPS) is 14.6. The molecule has 0 spiro atoms. The lowest BCUT2D eigenvalue weighted by Crippen LogP contribution is -1.90. The van der Waals surface area contributed by atoms with Gasteiger partial charge < -0.3 is 4.74 Å². The van der Waals surface area contributed by atoms with E-state index in [1.54, 1.807) is 0 Å². The molecule has 0 aromatic heterocycles. The highest BCUT2D eigenvalue weighted by Crippen LogP contribution is 2.37. The predicted octanol–water partition coefficient (Wildman–Crippen LogP) is 3.10. The van der Waals surface area contributed by atoms with Gasteiger partial charge in [-0.05, 0) is 5.56 Å². The van der Waals surface area contributed by atoms with E-state index in [4.69, 9.17) is 27.9 Å². The van der Waals surface area contributed by atoms with E-state index < -0.39 is 4.84 Å². The maximum absolute atomic E-state index is 5.77. The summed E-state index contributed by atoms with van der Waals surface area (Å²) >= 11 is 11.5. The van der Waals surface area contributed by atoms with Crippen LogP contribution in [0.1, 0.15) is 16.0 Å². The minimum Gasteiger partial charge on any atom is -0.493 e. The van der Waals surface area contributed by atoms with E-state index in [9.17, 15) is 0 Å². The molecule has 64 valence electrons. The van der Waals surface area contributed by atoms with Gasteiger partial charge in [-0.15, -0.1) is 0 Å². The molecule has 0 radical (unpaired) electrons. The van der Waals surface area contributed by atoms with Gasteiger partial charge in [-0.25, -0.2) is 0 Å². The molecule has 0 bridgehead atoms. The second-order valence-corrected chi connectivity index (χ2v) is 3.83. The molecule has 0 unspecified atom stereocenters. The van der Waals surface area contributed by atoms with Crippen LogP contribution in [0.25, 0.3) is 0 Å². The van der Waals surface area contributed by atoms with Crippen molar-refractivity contribution in [1.82, 2.24) is 0 Å². The number of fused-ring (bicyclic) bond motifs is 1. The summed E-state index contributed by atoms with van der Waals surface area (Å²) in [5.41, 5.74) is 2.09. The largest absolute Gasteiger partial charge is 0.493 e. The third kappa shape index (κ3) is 1.27. The number of hydrogen-bond acceptors (Lipinski definition) is 1. The van der Waals surface area contributed by atoms with Crippen LogP contribution >= 0.6 is 23.2 Å². The van der Waals surface area contributed by atoms with Gasteiger partial charge in [0.15, 0.2) is 0 Å². The van der Waals surface area contributed by atoms with Gasteiger partial charge in [-0.1, -0.05) is 41.4 Å². The Kier molecular flexibility index (Phi) is 2.16. The minimum absolute atomic E-state index is 0.488. The molecule has 0 amide bonds. The van der Waals surface area contributed by atoms with E-state index in [0.29, 0.717) is 0 Å². The van der Waals surface area contributed by atoms with Crippen molar-refractivity contribution in [3.63, 3.8) is 0 Å². The van der Waals surface area contributed by atoms with Crippen LogP contribution in [-0.2, 0) is 6.42 Å². The topological polar surface area (TPSA) is 9.23 Å². The molecule has 1 heterocycles. The van der Waals surface area contributed by atoms with E-state index in [1.807, 2.05) is 18.2 Å². The van der Waals surface area contributed by atoms with Gasteiger partial charge in [-0.2, -0.15) is 0 Å². The van der Waals surface area contributed by atoms with Gasteiger partial charge in [0.2, 0.25) is 0 Å². The lowest BCUT2D eigenvalue weighted by molar-refractivity contribution is 0.354. The van der Waals surface area contributed by atoms with Gasteiger partial charge in [0.1, 0.15) is 10.6 Å². The minimum atomic E-state index is -0.488. The lowest BCUT2D eigenvalue weighted by Gasteiger charge is -2.07. The molecule has 0 fully saturated rings. The second-order valence-electron chi connectivity index (χ2n) is 2.73. The molecule has 0 aliphatic carbocycles. The molecule has 1 aromatic carbocycles. The van der Waals surface area contributed by atoms with Crippen molar-refractivity contribution in [2.45, 2.75) is 11.3 Å². The Morgan fingerprint density at radius 3 is 2.92 bits per heavy atom. The highest BCUT2D eigenvalue weighted by Gasteiger charge is 2.18. The fourth-order valence-corrected chi connectivity index (χ4v) is 1.76. The molecular weight excluding hydrogens is 195 g/mol. The van der Waals surface area contributed by atoms with Crippen molar-refractivity contribution in [2.24, 2.45) is 0 Å². The second kappa shape index (κ2) is 3.15. The van der Waals surface area contributed by atoms with E-state index in [1.165, 1.54) is 5.56 Å².